The first-order valence-electron chi connectivity index (χ1n) is 14.2. The Morgan fingerprint density at radius 3 is 1.72 bits per heavy atom. The number of aliphatic hydroxyl groups excluding tert-OH is 1. The zero-order chi connectivity index (χ0) is 27.9. The lowest BCUT2D eigenvalue weighted by molar-refractivity contribution is 0.0600. The number of methoxy groups -OCH3 is 1. The molecule has 0 bridgehead atoms. The molecule has 3 fully saturated rings. The van der Waals surface area contributed by atoms with Crippen molar-refractivity contribution in [2.75, 3.05) is 86.8 Å². The van der Waals surface area contributed by atoms with Crippen molar-refractivity contribution in [3.05, 3.63) is 70.8 Å². The number of ether oxygens (including phenoxy) is 2. The monoisotopic (exact) mass is 540 g/mol. The largest absolute Gasteiger partial charge is 0.465 e. The second-order valence-electron chi connectivity index (χ2n) is 10.6. The van der Waals surface area contributed by atoms with Crippen molar-refractivity contribution in [1.29, 1.82) is 0 Å². The average molecular weight is 541 g/mol. The number of carbonyl (C=O) groups is 1. The maximum Gasteiger partial charge on any atom is 0.337 e. The van der Waals surface area contributed by atoms with E-state index in [1.165, 1.54) is 31.1 Å². The Hall–Kier alpha value is -2.33. The molecule has 39 heavy (non-hydrogen) atoms. The van der Waals surface area contributed by atoms with Crippen LogP contribution in [0.3, 0.4) is 0 Å². The fourth-order valence-electron chi connectivity index (χ4n) is 4.78. The lowest BCUT2D eigenvalue weighted by Gasteiger charge is -2.32. The quantitative estimate of drug-likeness (QED) is 0.561. The van der Waals surface area contributed by atoms with Crippen molar-refractivity contribution in [1.82, 2.24) is 19.6 Å². The van der Waals surface area contributed by atoms with Crippen molar-refractivity contribution >= 4 is 5.97 Å². The number of hydrogen-bond acceptors (Lipinski definition) is 8. The van der Waals surface area contributed by atoms with E-state index in [1.54, 1.807) is 6.07 Å². The van der Waals surface area contributed by atoms with Crippen LogP contribution in [0.15, 0.2) is 48.5 Å². The van der Waals surface area contributed by atoms with Crippen LogP contribution in [0.4, 0.5) is 0 Å². The fourth-order valence-corrected chi connectivity index (χ4v) is 4.78. The molecule has 3 saturated heterocycles. The second-order valence-corrected chi connectivity index (χ2v) is 10.6. The van der Waals surface area contributed by atoms with Crippen molar-refractivity contribution < 1.29 is 19.4 Å². The van der Waals surface area contributed by atoms with E-state index >= 15 is 0 Å². The van der Waals surface area contributed by atoms with Gasteiger partial charge in [0.15, 0.2) is 0 Å². The van der Waals surface area contributed by atoms with Gasteiger partial charge in [-0.15, -0.1) is 0 Å². The molecule has 3 aliphatic heterocycles. The van der Waals surface area contributed by atoms with E-state index in [2.05, 4.69) is 51.9 Å². The maximum atomic E-state index is 11.5. The number of aliphatic hydroxyl groups is 1. The fraction of sp³-hybridized carbons (Fsp3) is 0.581. The van der Waals surface area contributed by atoms with Crippen molar-refractivity contribution in [3.8, 4) is 0 Å². The van der Waals surface area contributed by atoms with Crippen molar-refractivity contribution in [2.45, 2.75) is 32.5 Å². The van der Waals surface area contributed by atoms with Gasteiger partial charge in [0, 0.05) is 78.7 Å². The van der Waals surface area contributed by atoms with Gasteiger partial charge in [0.1, 0.15) is 0 Å². The molecule has 0 amide bonds. The Labute approximate surface area is 235 Å². The molecule has 3 heterocycles. The summed E-state index contributed by atoms with van der Waals surface area (Å²) < 4.78 is 9.68. The molecular formula is C31H48N4O4. The molecule has 216 valence electrons. The van der Waals surface area contributed by atoms with Crippen LogP contribution in [-0.2, 0) is 29.2 Å². The summed E-state index contributed by atoms with van der Waals surface area (Å²) in [7, 11) is 5.73. The first kappa shape index (κ1) is 31.2. The topological polar surface area (TPSA) is 68.7 Å². The number of benzene rings is 2. The van der Waals surface area contributed by atoms with Crippen LogP contribution >= 0.6 is 0 Å². The Balaban J connectivity index is 0.000000184. The zero-order valence-electron chi connectivity index (χ0n) is 24.2. The minimum Gasteiger partial charge on any atom is -0.465 e. The van der Waals surface area contributed by atoms with Crippen LogP contribution in [0.25, 0.3) is 0 Å². The normalized spacial score (nSPS) is 19.0. The summed E-state index contributed by atoms with van der Waals surface area (Å²) in [6.45, 7) is 13.0. The highest BCUT2D eigenvalue weighted by molar-refractivity contribution is 5.89. The lowest BCUT2D eigenvalue weighted by Crippen LogP contribution is -2.43. The molecule has 1 N–H and O–H groups in total. The maximum absolute atomic E-state index is 11.5. The first-order chi connectivity index (χ1) is 19.0. The molecule has 8 heteroatoms. The van der Waals surface area contributed by atoms with Crippen molar-refractivity contribution in [3.63, 3.8) is 0 Å². The number of esters is 1. The molecule has 0 unspecified atom stereocenters. The summed E-state index contributed by atoms with van der Waals surface area (Å²) >= 11 is 0. The van der Waals surface area contributed by atoms with Gasteiger partial charge in [-0.2, -0.15) is 0 Å². The van der Waals surface area contributed by atoms with Crippen LogP contribution < -0.4 is 0 Å². The van der Waals surface area contributed by atoms with Gasteiger partial charge in [-0.1, -0.05) is 36.4 Å². The van der Waals surface area contributed by atoms with Gasteiger partial charge in [0.05, 0.1) is 19.3 Å². The van der Waals surface area contributed by atoms with Gasteiger partial charge >= 0.3 is 5.97 Å². The highest BCUT2D eigenvalue weighted by atomic mass is 16.5. The van der Waals surface area contributed by atoms with E-state index in [-0.39, 0.29) is 12.6 Å². The molecule has 0 radical (unpaired) electrons. The van der Waals surface area contributed by atoms with E-state index < -0.39 is 0 Å². The number of piperazine rings is 2. The molecular weight excluding hydrogens is 492 g/mol. The highest BCUT2D eigenvalue weighted by Crippen LogP contribution is 2.12. The Morgan fingerprint density at radius 2 is 1.26 bits per heavy atom. The van der Waals surface area contributed by atoms with Crippen molar-refractivity contribution in [2.24, 2.45) is 0 Å². The number of carbonyl (C=O) groups excluding carboxylic acids is 1. The Bertz CT molecular complexity index is 961. The number of likely N-dealkylation sites (N-methyl/N-ethyl adjacent to an activating group) is 2. The standard InChI is InChI=1S/C14H20N2O2.C13H20N2O.C4H8O/c1-15-6-8-16(9-7-15)11-12-4-3-5-13(10-12)14(17)18-2;1-14-5-7-15(8-6-14)10-12-3-2-4-13(9-12)11-16;1-2-4-5-3-1/h3-5,10H,6-9,11H2,1-2H3;2-4,9,16H,5-8,10-11H2,1H3;1-4H2. The third kappa shape index (κ3) is 11.7. The van der Waals surface area contributed by atoms with E-state index in [4.69, 9.17) is 14.6 Å². The van der Waals surface area contributed by atoms with Crippen LogP contribution in [0.2, 0.25) is 0 Å². The molecule has 0 spiro atoms. The first-order valence-corrected chi connectivity index (χ1v) is 14.2. The van der Waals surface area contributed by atoms with E-state index in [0.29, 0.717) is 5.56 Å². The summed E-state index contributed by atoms with van der Waals surface area (Å²) in [5.41, 5.74) is 4.11. The average Bonchev–Trinajstić information content (AvgIpc) is 3.56. The highest BCUT2D eigenvalue weighted by Gasteiger charge is 2.15. The second kappa shape index (κ2) is 17.4. The third-order valence-corrected chi connectivity index (χ3v) is 7.35. The SMILES string of the molecule is C1CCOC1.CN1CCN(Cc2cccc(CO)c2)CC1.COC(=O)c1cccc(CN2CCN(C)CC2)c1. The van der Waals surface area contributed by atoms with Crippen LogP contribution in [0.1, 0.15) is 39.9 Å². The summed E-state index contributed by atoms with van der Waals surface area (Å²) in [5.74, 6) is -0.268. The summed E-state index contributed by atoms with van der Waals surface area (Å²) in [4.78, 5) is 21.0. The van der Waals surface area contributed by atoms with E-state index in [9.17, 15) is 4.79 Å². The molecule has 8 nitrogen and oxygen atoms in total. The molecule has 0 aromatic heterocycles. The van der Waals surface area contributed by atoms with Gasteiger partial charge in [-0.05, 0) is 55.8 Å². The molecule has 3 aliphatic rings. The summed E-state index contributed by atoms with van der Waals surface area (Å²) in [6.07, 6.45) is 2.56. The number of nitrogens with zero attached hydrogens (tertiary/aromatic N) is 4. The van der Waals surface area contributed by atoms with Crippen LogP contribution in [0, 0.1) is 0 Å². The number of rotatable bonds is 6. The smallest absolute Gasteiger partial charge is 0.337 e. The van der Waals surface area contributed by atoms with Gasteiger partial charge < -0.3 is 24.4 Å². The van der Waals surface area contributed by atoms with Gasteiger partial charge in [0.2, 0.25) is 0 Å². The van der Waals surface area contributed by atoms with Gasteiger partial charge in [-0.3, -0.25) is 9.80 Å². The van der Waals surface area contributed by atoms with Gasteiger partial charge in [0.25, 0.3) is 0 Å². The zero-order valence-corrected chi connectivity index (χ0v) is 24.2. The predicted octanol–water partition coefficient (Wildman–Crippen LogP) is 2.94. The minimum absolute atomic E-state index is 0.135. The molecule has 0 atom stereocenters. The van der Waals surface area contributed by atoms with Crippen LogP contribution in [0.5, 0.6) is 0 Å². The summed E-state index contributed by atoms with van der Waals surface area (Å²) in [5, 5.41) is 9.08. The molecule has 0 aliphatic carbocycles. The van der Waals surface area contributed by atoms with E-state index in [0.717, 1.165) is 84.2 Å². The van der Waals surface area contributed by atoms with Gasteiger partial charge in [-0.25, -0.2) is 4.79 Å². The molecule has 2 aromatic rings. The lowest BCUT2D eigenvalue weighted by atomic mass is 10.1. The molecule has 0 saturated carbocycles. The summed E-state index contributed by atoms with van der Waals surface area (Å²) in [6, 6.07) is 15.9. The predicted molar refractivity (Wildman–Crippen MR) is 156 cm³/mol. The van der Waals surface area contributed by atoms with Crippen LogP contribution in [-0.4, -0.2) is 117 Å². The third-order valence-electron chi connectivity index (χ3n) is 7.35. The minimum atomic E-state index is -0.268. The Kier molecular flexibility index (Phi) is 13.9. The number of hydrogen-bond donors (Lipinski definition) is 1. The molecule has 2 aromatic carbocycles. The Morgan fingerprint density at radius 1 is 0.769 bits per heavy atom. The van der Waals surface area contributed by atoms with E-state index in [1.807, 2.05) is 24.3 Å². The molecule has 5 rings (SSSR count).